The van der Waals surface area contributed by atoms with Crippen molar-refractivity contribution in [3.05, 3.63) is 47.5 Å². The maximum absolute atomic E-state index is 14.3. The van der Waals surface area contributed by atoms with Gasteiger partial charge in [0, 0.05) is 44.9 Å². The number of rotatable bonds is 11. The molecule has 1 N–H and O–H groups in total. The molecule has 12 heteroatoms. The number of aromatic nitrogens is 2. The van der Waals surface area contributed by atoms with E-state index in [0.29, 0.717) is 51.7 Å². The summed E-state index contributed by atoms with van der Waals surface area (Å²) < 4.78 is 53.9. The van der Waals surface area contributed by atoms with Crippen molar-refractivity contribution in [3.8, 4) is 0 Å². The lowest BCUT2D eigenvalue weighted by Gasteiger charge is -2.30. The molecule has 0 saturated carbocycles. The van der Waals surface area contributed by atoms with Gasteiger partial charge in [-0.25, -0.2) is 22.6 Å². The number of amides is 2. The number of morpholine rings is 1. The number of carbonyl (C=O) groups excluding carboxylic acids is 1. The summed E-state index contributed by atoms with van der Waals surface area (Å²) in [4.78, 5) is 21.1. The van der Waals surface area contributed by atoms with E-state index in [9.17, 15) is 17.6 Å². The summed E-state index contributed by atoms with van der Waals surface area (Å²) in [6, 6.07) is 5.61. The third-order valence-corrected chi connectivity index (χ3v) is 8.22. The van der Waals surface area contributed by atoms with Crippen LogP contribution in [0.5, 0.6) is 0 Å². The monoisotopic (exact) mass is 537 g/mol. The number of ether oxygens (including phenoxy) is 2. The van der Waals surface area contributed by atoms with Crippen LogP contribution in [-0.4, -0.2) is 92.4 Å². The van der Waals surface area contributed by atoms with Gasteiger partial charge in [-0.2, -0.15) is 0 Å². The Hall–Kier alpha value is -2.54. The first-order valence-corrected chi connectivity index (χ1v) is 14.5. The minimum Gasteiger partial charge on any atom is -0.379 e. The highest BCUT2D eigenvalue weighted by atomic mass is 32.2. The largest absolute Gasteiger partial charge is 0.379 e. The van der Waals surface area contributed by atoms with Crippen LogP contribution in [0.4, 0.5) is 9.18 Å². The molecule has 2 aliphatic rings. The number of hydrogen-bond acceptors (Lipinski definition) is 7. The molecule has 2 amide bonds. The average molecular weight is 538 g/mol. The molecular formula is C25H36FN5O5S. The molecule has 2 fully saturated rings. The van der Waals surface area contributed by atoms with Crippen LogP contribution in [0.25, 0.3) is 0 Å². The highest BCUT2D eigenvalue weighted by molar-refractivity contribution is 7.90. The first-order chi connectivity index (χ1) is 17.9. The van der Waals surface area contributed by atoms with E-state index in [1.807, 2.05) is 6.92 Å². The summed E-state index contributed by atoms with van der Waals surface area (Å²) in [5, 5.41) is 2.72. The van der Waals surface area contributed by atoms with Crippen molar-refractivity contribution in [1.29, 1.82) is 0 Å². The molecule has 2 aromatic rings. The molecule has 37 heavy (non-hydrogen) atoms. The van der Waals surface area contributed by atoms with E-state index in [2.05, 4.69) is 15.2 Å². The zero-order chi connectivity index (χ0) is 26.3. The number of benzene rings is 1. The van der Waals surface area contributed by atoms with E-state index in [0.717, 1.165) is 25.9 Å². The van der Waals surface area contributed by atoms with Gasteiger partial charge in [-0.15, -0.1) is 0 Å². The van der Waals surface area contributed by atoms with Crippen LogP contribution < -0.4 is 5.32 Å². The molecule has 2 saturated heterocycles. The van der Waals surface area contributed by atoms with Gasteiger partial charge in [0.05, 0.1) is 50.1 Å². The predicted octanol–water partition coefficient (Wildman–Crippen LogP) is 2.04. The van der Waals surface area contributed by atoms with Crippen molar-refractivity contribution in [3.63, 3.8) is 0 Å². The van der Waals surface area contributed by atoms with E-state index < -0.39 is 21.4 Å². The second-order valence-electron chi connectivity index (χ2n) is 9.34. The summed E-state index contributed by atoms with van der Waals surface area (Å²) in [6.07, 6.45) is 3.06. The maximum Gasteiger partial charge on any atom is 0.317 e. The molecule has 1 atom stereocenters. The Morgan fingerprint density at radius 3 is 2.73 bits per heavy atom. The Balaban J connectivity index is 1.59. The van der Waals surface area contributed by atoms with Gasteiger partial charge in [-0.3, -0.25) is 4.90 Å². The number of hydrogen-bond donors (Lipinski definition) is 1. The standard InChI is InChI=1S/C25H36FN5O5S/c1-2-27-24(32)30(10-9-29-11-14-35-15-12-29)17-21-16-28-25(31(21)18-22-7-5-13-36-22)37(33,34)19-20-6-3-4-8-23(20)26/h3-4,6,8,16,22H,2,5,7,9-15,17-19H2,1H3,(H,27,32)/t22-/m1/s1. The minimum absolute atomic E-state index is 0.0881. The number of nitrogens with zero attached hydrogens (tertiary/aromatic N) is 4. The van der Waals surface area contributed by atoms with Gasteiger partial charge in [0.15, 0.2) is 0 Å². The summed E-state index contributed by atoms with van der Waals surface area (Å²) in [6.45, 7) is 7.52. The fraction of sp³-hybridized carbons (Fsp3) is 0.600. The minimum atomic E-state index is -3.97. The van der Waals surface area contributed by atoms with Gasteiger partial charge < -0.3 is 24.3 Å². The third-order valence-electron chi connectivity index (χ3n) is 6.65. The Labute approximate surface area is 217 Å². The third kappa shape index (κ3) is 7.28. The van der Waals surface area contributed by atoms with Gasteiger partial charge >= 0.3 is 6.03 Å². The fourth-order valence-electron chi connectivity index (χ4n) is 4.64. The fourth-order valence-corrected chi connectivity index (χ4v) is 6.15. The van der Waals surface area contributed by atoms with Gasteiger partial charge in [0.2, 0.25) is 15.0 Å². The van der Waals surface area contributed by atoms with Gasteiger partial charge in [-0.1, -0.05) is 18.2 Å². The number of urea groups is 1. The van der Waals surface area contributed by atoms with Crippen molar-refractivity contribution in [2.75, 3.05) is 52.5 Å². The summed E-state index contributed by atoms with van der Waals surface area (Å²) in [5.41, 5.74) is 0.681. The van der Waals surface area contributed by atoms with E-state index >= 15 is 0 Å². The maximum atomic E-state index is 14.3. The first-order valence-electron chi connectivity index (χ1n) is 12.8. The molecule has 0 aliphatic carbocycles. The van der Waals surface area contributed by atoms with Crippen molar-refractivity contribution >= 4 is 15.9 Å². The van der Waals surface area contributed by atoms with Crippen LogP contribution in [0, 0.1) is 5.82 Å². The Morgan fingerprint density at radius 1 is 1.24 bits per heavy atom. The molecule has 204 valence electrons. The lowest BCUT2D eigenvalue weighted by atomic mass is 10.2. The molecule has 0 spiro atoms. The molecule has 1 aromatic heterocycles. The van der Waals surface area contributed by atoms with E-state index in [1.165, 1.54) is 24.4 Å². The molecule has 10 nitrogen and oxygen atoms in total. The lowest BCUT2D eigenvalue weighted by molar-refractivity contribution is 0.0345. The summed E-state index contributed by atoms with van der Waals surface area (Å²) in [5.74, 6) is -1.08. The average Bonchev–Trinajstić information content (AvgIpc) is 3.54. The van der Waals surface area contributed by atoms with Crippen LogP contribution in [0.1, 0.15) is 31.0 Å². The number of carbonyl (C=O) groups is 1. The molecule has 0 unspecified atom stereocenters. The van der Waals surface area contributed by atoms with Crippen molar-refractivity contribution in [2.45, 2.75) is 49.9 Å². The molecule has 3 heterocycles. The van der Waals surface area contributed by atoms with Crippen molar-refractivity contribution < 1.29 is 27.1 Å². The second kappa shape index (κ2) is 12.8. The zero-order valence-corrected chi connectivity index (χ0v) is 22.1. The highest BCUT2D eigenvalue weighted by Gasteiger charge is 2.29. The molecule has 1 aromatic carbocycles. The summed E-state index contributed by atoms with van der Waals surface area (Å²) >= 11 is 0. The lowest BCUT2D eigenvalue weighted by Crippen LogP contribution is -2.46. The van der Waals surface area contributed by atoms with Crippen LogP contribution >= 0.6 is 0 Å². The van der Waals surface area contributed by atoms with E-state index in [4.69, 9.17) is 9.47 Å². The number of imidazole rings is 1. The van der Waals surface area contributed by atoms with Crippen molar-refractivity contribution in [1.82, 2.24) is 24.7 Å². The predicted molar refractivity (Wildman–Crippen MR) is 135 cm³/mol. The molecule has 0 radical (unpaired) electrons. The Kier molecular flexibility index (Phi) is 9.52. The van der Waals surface area contributed by atoms with Gasteiger partial charge in [0.1, 0.15) is 5.82 Å². The second-order valence-corrected chi connectivity index (χ2v) is 11.2. The number of halogens is 1. The zero-order valence-electron chi connectivity index (χ0n) is 21.3. The smallest absolute Gasteiger partial charge is 0.317 e. The van der Waals surface area contributed by atoms with E-state index in [-0.39, 0.29) is 29.4 Å². The highest BCUT2D eigenvalue weighted by Crippen LogP contribution is 2.23. The topological polar surface area (TPSA) is 106 Å². The van der Waals surface area contributed by atoms with E-state index in [1.54, 1.807) is 15.5 Å². The van der Waals surface area contributed by atoms with Crippen LogP contribution in [0.15, 0.2) is 35.6 Å². The molecule has 2 aliphatic heterocycles. The van der Waals surface area contributed by atoms with Gasteiger partial charge in [-0.05, 0) is 25.8 Å². The van der Waals surface area contributed by atoms with Crippen LogP contribution in [0.2, 0.25) is 0 Å². The Morgan fingerprint density at radius 2 is 2.03 bits per heavy atom. The van der Waals surface area contributed by atoms with Crippen LogP contribution in [0.3, 0.4) is 0 Å². The SMILES string of the molecule is CCNC(=O)N(CCN1CCOCC1)Cc1cnc(S(=O)(=O)Cc2ccccc2F)n1C[C@H]1CCCO1. The van der Waals surface area contributed by atoms with Crippen molar-refractivity contribution in [2.24, 2.45) is 0 Å². The Bertz CT molecular complexity index is 1150. The first kappa shape index (κ1) is 27.5. The van der Waals surface area contributed by atoms with Crippen LogP contribution in [-0.2, 0) is 38.2 Å². The number of sulfone groups is 1. The number of nitrogens with one attached hydrogen (secondary N) is 1. The molecular weight excluding hydrogens is 501 g/mol. The summed E-state index contributed by atoms with van der Waals surface area (Å²) in [7, 11) is -3.97. The molecule has 4 rings (SSSR count). The van der Waals surface area contributed by atoms with Gasteiger partial charge in [0.25, 0.3) is 0 Å². The quantitative estimate of drug-likeness (QED) is 0.468. The molecule has 0 bridgehead atoms. The normalized spacial score (nSPS) is 18.7.